The van der Waals surface area contributed by atoms with Gasteiger partial charge in [0.15, 0.2) is 0 Å². The Balaban J connectivity index is 2.00. The van der Waals surface area contributed by atoms with E-state index in [-0.39, 0.29) is 0 Å². The van der Waals surface area contributed by atoms with E-state index in [1.54, 1.807) is 0 Å². The lowest BCUT2D eigenvalue weighted by atomic mass is 10.1. The van der Waals surface area contributed by atoms with Gasteiger partial charge in [0, 0.05) is 22.8 Å². The second kappa shape index (κ2) is 6.43. The highest BCUT2D eigenvalue weighted by atomic mass is 32.2. The van der Waals surface area contributed by atoms with Gasteiger partial charge in [0.1, 0.15) is 0 Å². The fourth-order valence-corrected chi connectivity index (χ4v) is 3.22. The molecule has 2 rings (SSSR count). The van der Waals surface area contributed by atoms with Crippen molar-refractivity contribution < 1.29 is 4.74 Å². The molecule has 0 aromatic heterocycles. The zero-order chi connectivity index (χ0) is 12.1. The maximum absolute atomic E-state index is 5.52. The van der Waals surface area contributed by atoms with Crippen LogP contribution in [0.5, 0.6) is 0 Å². The van der Waals surface area contributed by atoms with Gasteiger partial charge < -0.3 is 10.1 Å². The Morgan fingerprint density at radius 2 is 2.35 bits per heavy atom. The van der Waals surface area contributed by atoms with Crippen molar-refractivity contribution >= 4 is 11.8 Å². The summed E-state index contributed by atoms with van der Waals surface area (Å²) in [5.74, 6) is 0. The van der Waals surface area contributed by atoms with Crippen LogP contribution in [0.15, 0.2) is 29.2 Å². The van der Waals surface area contributed by atoms with Gasteiger partial charge in [0.2, 0.25) is 0 Å². The fourth-order valence-electron chi connectivity index (χ4n) is 2.02. The summed E-state index contributed by atoms with van der Waals surface area (Å²) in [5, 5.41) is 3.91. The van der Waals surface area contributed by atoms with Gasteiger partial charge in [-0.25, -0.2) is 0 Å². The highest BCUT2D eigenvalue weighted by molar-refractivity contribution is 8.00. The highest BCUT2D eigenvalue weighted by Gasteiger charge is 2.15. The smallest absolute Gasteiger partial charge is 0.0588 e. The fraction of sp³-hybridized carbons (Fsp3) is 0.571. The van der Waals surface area contributed by atoms with Crippen molar-refractivity contribution in [3.05, 3.63) is 29.8 Å². The third-order valence-corrected chi connectivity index (χ3v) is 4.44. The van der Waals surface area contributed by atoms with Crippen LogP contribution in [-0.2, 0) is 4.74 Å². The molecule has 0 spiro atoms. The molecule has 0 aliphatic carbocycles. The molecule has 1 heterocycles. The molecule has 3 heteroatoms. The van der Waals surface area contributed by atoms with E-state index in [9.17, 15) is 0 Å². The van der Waals surface area contributed by atoms with Crippen LogP contribution in [0.3, 0.4) is 0 Å². The minimum absolute atomic E-state index is 0.415. The topological polar surface area (TPSA) is 21.3 Å². The first-order chi connectivity index (χ1) is 8.29. The molecule has 1 saturated heterocycles. The van der Waals surface area contributed by atoms with Crippen LogP contribution in [0.1, 0.15) is 31.4 Å². The lowest BCUT2D eigenvalue weighted by molar-refractivity contribution is 0.101. The van der Waals surface area contributed by atoms with Gasteiger partial charge in [-0.2, -0.15) is 0 Å². The van der Waals surface area contributed by atoms with Crippen molar-refractivity contribution in [3.63, 3.8) is 0 Å². The molecular weight excluding hydrogens is 230 g/mol. The number of hydrogen-bond acceptors (Lipinski definition) is 3. The van der Waals surface area contributed by atoms with Gasteiger partial charge in [-0.05, 0) is 44.5 Å². The van der Waals surface area contributed by atoms with Gasteiger partial charge in [0.05, 0.1) is 6.61 Å². The van der Waals surface area contributed by atoms with E-state index < -0.39 is 0 Å². The number of rotatable bonds is 4. The van der Waals surface area contributed by atoms with Crippen molar-refractivity contribution in [2.45, 2.75) is 36.0 Å². The first-order valence-corrected chi connectivity index (χ1v) is 7.19. The molecule has 0 amide bonds. The zero-order valence-corrected chi connectivity index (χ0v) is 11.4. The Bertz CT molecular complexity index is 350. The van der Waals surface area contributed by atoms with E-state index in [0.717, 1.165) is 13.2 Å². The van der Waals surface area contributed by atoms with Crippen molar-refractivity contribution in [3.8, 4) is 0 Å². The van der Waals surface area contributed by atoms with E-state index in [4.69, 9.17) is 4.74 Å². The maximum Gasteiger partial charge on any atom is 0.0588 e. The summed E-state index contributed by atoms with van der Waals surface area (Å²) in [6.45, 7) is 4.03. The van der Waals surface area contributed by atoms with Crippen LogP contribution < -0.4 is 5.32 Å². The quantitative estimate of drug-likeness (QED) is 0.887. The van der Waals surface area contributed by atoms with E-state index in [1.165, 1.54) is 23.3 Å². The van der Waals surface area contributed by atoms with Crippen molar-refractivity contribution in [1.29, 1.82) is 0 Å². The van der Waals surface area contributed by atoms with Gasteiger partial charge in [-0.3, -0.25) is 0 Å². The molecule has 1 aliphatic rings. The first kappa shape index (κ1) is 12.9. The number of thioether (sulfide) groups is 1. The molecule has 0 bridgehead atoms. The van der Waals surface area contributed by atoms with Crippen LogP contribution in [0.2, 0.25) is 0 Å². The molecule has 1 aromatic rings. The van der Waals surface area contributed by atoms with Crippen LogP contribution >= 0.6 is 11.8 Å². The van der Waals surface area contributed by atoms with Crippen molar-refractivity contribution in [1.82, 2.24) is 5.32 Å². The van der Waals surface area contributed by atoms with Crippen LogP contribution in [0.4, 0.5) is 0 Å². The summed E-state index contributed by atoms with van der Waals surface area (Å²) in [5.41, 5.74) is 1.36. The average molecular weight is 251 g/mol. The Morgan fingerprint density at radius 3 is 3.06 bits per heavy atom. The van der Waals surface area contributed by atoms with Crippen LogP contribution in [0.25, 0.3) is 0 Å². The lowest BCUT2D eigenvalue weighted by Crippen LogP contribution is -2.19. The third kappa shape index (κ3) is 3.73. The standard InChI is InChI=1S/C14H21NOS/c1-11(15-2)12-5-3-6-13(9-12)17-14-7-4-8-16-10-14/h3,5-6,9,11,14-15H,4,7-8,10H2,1-2H3. The SMILES string of the molecule is CNC(C)c1cccc(SC2CCCOC2)c1. The van der Waals surface area contributed by atoms with E-state index in [1.807, 2.05) is 18.8 Å². The Labute approximate surface area is 108 Å². The molecule has 2 unspecified atom stereocenters. The molecule has 1 aliphatic heterocycles. The summed E-state index contributed by atoms with van der Waals surface area (Å²) in [6, 6.07) is 9.24. The first-order valence-electron chi connectivity index (χ1n) is 6.31. The van der Waals surface area contributed by atoms with Gasteiger partial charge >= 0.3 is 0 Å². The molecular formula is C14H21NOS. The van der Waals surface area contributed by atoms with Crippen molar-refractivity contribution in [2.24, 2.45) is 0 Å². The average Bonchev–Trinajstić information content (AvgIpc) is 2.39. The molecule has 2 atom stereocenters. The largest absolute Gasteiger partial charge is 0.380 e. The second-order valence-electron chi connectivity index (χ2n) is 4.54. The predicted octanol–water partition coefficient (Wildman–Crippen LogP) is 3.24. The predicted molar refractivity (Wildman–Crippen MR) is 73.6 cm³/mol. The maximum atomic E-state index is 5.52. The summed E-state index contributed by atoms with van der Waals surface area (Å²) in [6.07, 6.45) is 2.47. The molecule has 1 fully saturated rings. The van der Waals surface area contributed by atoms with Crippen LogP contribution in [0, 0.1) is 0 Å². The summed E-state index contributed by atoms with van der Waals surface area (Å²) < 4.78 is 5.52. The Morgan fingerprint density at radius 1 is 1.47 bits per heavy atom. The number of ether oxygens (including phenoxy) is 1. The number of nitrogens with one attached hydrogen (secondary N) is 1. The van der Waals surface area contributed by atoms with E-state index in [2.05, 4.69) is 36.5 Å². The van der Waals surface area contributed by atoms with E-state index >= 15 is 0 Å². The van der Waals surface area contributed by atoms with Gasteiger partial charge in [-0.15, -0.1) is 11.8 Å². The van der Waals surface area contributed by atoms with Gasteiger partial charge in [-0.1, -0.05) is 12.1 Å². The van der Waals surface area contributed by atoms with Crippen molar-refractivity contribution in [2.75, 3.05) is 20.3 Å². The molecule has 17 heavy (non-hydrogen) atoms. The summed E-state index contributed by atoms with van der Waals surface area (Å²) >= 11 is 1.95. The second-order valence-corrected chi connectivity index (χ2v) is 5.91. The Kier molecular flexibility index (Phi) is 4.89. The molecule has 0 radical (unpaired) electrons. The van der Waals surface area contributed by atoms with Gasteiger partial charge in [0.25, 0.3) is 0 Å². The van der Waals surface area contributed by atoms with Crippen LogP contribution in [-0.4, -0.2) is 25.5 Å². The summed E-state index contributed by atoms with van der Waals surface area (Å²) in [7, 11) is 2.00. The number of benzene rings is 1. The normalized spacial score (nSPS) is 22.4. The molecule has 0 saturated carbocycles. The summed E-state index contributed by atoms with van der Waals surface area (Å²) in [4.78, 5) is 1.36. The molecule has 1 aromatic carbocycles. The highest BCUT2D eigenvalue weighted by Crippen LogP contribution is 2.30. The minimum Gasteiger partial charge on any atom is -0.380 e. The minimum atomic E-state index is 0.415. The Hall–Kier alpha value is -0.510. The molecule has 2 nitrogen and oxygen atoms in total. The molecule has 1 N–H and O–H groups in total. The zero-order valence-electron chi connectivity index (χ0n) is 10.6. The monoisotopic (exact) mass is 251 g/mol. The number of hydrogen-bond donors (Lipinski definition) is 1. The molecule has 94 valence electrons. The lowest BCUT2D eigenvalue weighted by Gasteiger charge is -2.22. The third-order valence-electron chi connectivity index (χ3n) is 3.21. The van der Waals surface area contributed by atoms with E-state index in [0.29, 0.717) is 11.3 Å².